The summed E-state index contributed by atoms with van der Waals surface area (Å²) in [6.07, 6.45) is -0.360. The topological polar surface area (TPSA) is 538 Å². The SMILES string of the molecule is C=S(=O)(O)CC(=O)NCC(C)C=O.C=S(=O)(O)CCC(C(=O)NCC(C)C=O)S(=O)(=O)O.CC(C=O)CNC(=O)CP(=O)(O)O.CCC(O)C(O)C1OC(O)(C(=O)NCC(C)C=O)CC(O)C1NC(C)=O.CCCn1cc(CC(C)C=O)nn1. The van der Waals surface area contributed by atoms with Gasteiger partial charge in [-0.1, -0.05) is 53.7 Å². The van der Waals surface area contributed by atoms with Crippen LogP contribution in [0.4, 0.5) is 0 Å². The highest BCUT2D eigenvalue weighted by atomic mass is 32.2. The van der Waals surface area contributed by atoms with Crippen LogP contribution in [0.15, 0.2) is 6.20 Å². The average Bonchev–Trinajstić information content (AvgIpc) is 4.00. The minimum atomic E-state index is -4.71. The second-order valence-electron chi connectivity index (χ2n) is 19.6. The van der Waals surface area contributed by atoms with E-state index < -0.39 is 151 Å². The van der Waals surface area contributed by atoms with Gasteiger partial charge in [-0.05, 0) is 31.0 Å². The smallest absolute Gasteiger partial charge is 0.334 e. The quantitative estimate of drug-likeness (QED) is 0.0144. The molecule has 1 aliphatic heterocycles. The molecule has 0 bridgehead atoms. The van der Waals surface area contributed by atoms with E-state index in [4.69, 9.17) is 28.2 Å². The standard InChI is InChI=1S/C16H28N2O8.C9H15N3O.C9H17NO7S2.C7H13NO4S.C6H12NO5P/c1-4-10(21)13(23)14-12(18-9(3)20)11(22)5-16(25,26-14)15(24)17-6-8(2)7-19;1-3-4-12-6-9(10-11-12)5-8(2)7-13;1-7(6-11)5-10-9(12)8(19(15,16)17)3-4-18(2,13)14;1-6(4-9)3-8-7(10)5-13(2,11)12;1-5(3-8)2-7-6(9)4-13(10,11)12/h7-8,10-14,21-23,25H,4-6H2,1-3H3,(H,17,24)(H,18,20);6-8H,3-5H2,1-2H3;6-8H,2-5H2,1H3,(H,10,12)(H,13,14)(H,15,16,17);4,6H,2-3,5H2,1H3,(H,8,10)(H,11,12);3,5H,2,4H2,1H3,(H,7,9)(H2,10,11,12). The van der Waals surface area contributed by atoms with Crippen molar-refractivity contribution in [3.8, 4) is 0 Å². The van der Waals surface area contributed by atoms with Gasteiger partial charge in [-0.25, -0.2) is 8.42 Å². The molecule has 33 nitrogen and oxygen atoms in total. The number of aldehydes is 5. The predicted octanol–water partition coefficient (Wildman–Crippen LogP) is -4.51. The van der Waals surface area contributed by atoms with Gasteiger partial charge in [0.05, 0.1) is 43.5 Å². The van der Waals surface area contributed by atoms with E-state index in [1.165, 1.54) is 13.8 Å². The number of amides is 5. The molecule has 2 rings (SSSR count). The van der Waals surface area contributed by atoms with Gasteiger partial charge in [0.25, 0.3) is 16.0 Å². The highest BCUT2D eigenvalue weighted by molar-refractivity contribution is 7.95. The summed E-state index contributed by atoms with van der Waals surface area (Å²) in [6, 6.07) is -1.13. The number of aromatic nitrogens is 3. The molecule has 1 saturated heterocycles. The van der Waals surface area contributed by atoms with Crippen LogP contribution in [0, 0.1) is 29.6 Å². The molecule has 0 spiro atoms. The van der Waals surface area contributed by atoms with Crippen LogP contribution in [-0.2, 0) is 99.9 Å². The van der Waals surface area contributed by atoms with Gasteiger partial charge in [-0.2, -0.15) is 8.42 Å². The fraction of sp³-hybridized carbons (Fsp3) is 0.702. The third kappa shape index (κ3) is 40.1. The third-order valence-electron chi connectivity index (χ3n) is 10.7. The molecule has 14 unspecified atom stereocenters. The lowest BCUT2D eigenvalue weighted by Crippen LogP contribution is -2.68. The van der Waals surface area contributed by atoms with E-state index in [2.05, 4.69) is 55.6 Å². The van der Waals surface area contributed by atoms with Crippen LogP contribution in [0.3, 0.4) is 0 Å². The fourth-order valence-corrected chi connectivity index (χ4v) is 8.66. The van der Waals surface area contributed by atoms with Crippen molar-refractivity contribution >= 4 is 110 Å². The summed E-state index contributed by atoms with van der Waals surface area (Å²) in [5, 5.41) is 58.6. The van der Waals surface area contributed by atoms with Crippen LogP contribution in [0.5, 0.6) is 0 Å². The van der Waals surface area contributed by atoms with Gasteiger partial charge in [0.15, 0.2) is 5.25 Å². The molecule has 1 aromatic rings. The van der Waals surface area contributed by atoms with Crippen LogP contribution in [0.2, 0.25) is 0 Å². The van der Waals surface area contributed by atoms with Crippen molar-refractivity contribution in [1.29, 1.82) is 0 Å². The van der Waals surface area contributed by atoms with Crippen molar-refractivity contribution in [2.75, 3.05) is 43.8 Å². The van der Waals surface area contributed by atoms with Crippen LogP contribution < -0.4 is 26.6 Å². The number of aliphatic hydroxyl groups excluding tert-OH is 3. The van der Waals surface area contributed by atoms with E-state index in [-0.39, 0.29) is 50.4 Å². The Balaban J connectivity index is -0.00000101. The molecule has 37 heteroatoms. The zero-order valence-corrected chi connectivity index (χ0v) is 51.3. The van der Waals surface area contributed by atoms with Crippen LogP contribution in [0.1, 0.15) is 86.8 Å². The maximum atomic E-state index is 12.3. The largest absolute Gasteiger partial charge is 0.391 e. The van der Waals surface area contributed by atoms with Gasteiger partial charge >= 0.3 is 7.60 Å². The Morgan fingerprint density at radius 2 is 1.25 bits per heavy atom. The van der Waals surface area contributed by atoms with Gasteiger partial charge in [0.2, 0.25) is 29.4 Å². The van der Waals surface area contributed by atoms with Gasteiger partial charge in [0.1, 0.15) is 55.6 Å². The summed E-state index contributed by atoms with van der Waals surface area (Å²) in [5.74, 6) is -3.22. The van der Waals surface area contributed by atoms with Gasteiger partial charge in [0, 0.05) is 94.0 Å². The summed E-state index contributed by atoms with van der Waals surface area (Å²) in [4.78, 5) is 125. The Kier molecular flexibility index (Phi) is 40.3. The van der Waals surface area contributed by atoms with Crippen molar-refractivity contribution in [1.82, 2.24) is 41.6 Å². The first-order valence-corrected chi connectivity index (χ1v) is 32.6. The summed E-state index contributed by atoms with van der Waals surface area (Å²) in [5.41, 5.74) is 0.896. The first-order valence-electron chi connectivity index (χ1n) is 25.6. The van der Waals surface area contributed by atoms with E-state index in [0.29, 0.717) is 31.6 Å². The lowest BCUT2D eigenvalue weighted by molar-refractivity contribution is -0.286. The van der Waals surface area contributed by atoms with E-state index in [1.807, 2.05) is 17.8 Å². The van der Waals surface area contributed by atoms with E-state index in [0.717, 1.165) is 24.9 Å². The summed E-state index contributed by atoms with van der Waals surface area (Å²) < 4.78 is 87.7. The lowest BCUT2D eigenvalue weighted by atomic mass is 9.88. The molecular weight excluding hydrogens is 1200 g/mol. The second-order valence-corrected chi connectivity index (χ2v) is 26.7. The van der Waals surface area contributed by atoms with E-state index in [9.17, 15) is 89.8 Å². The normalized spacial score (nSPS) is 20.8. The second kappa shape index (κ2) is 40.9. The molecule has 0 radical (unpaired) electrons. The number of ether oxygens (including phenoxy) is 1. The fourth-order valence-electron chi connectivity index (χ4n) is 6.14. The van der Waals surface area contributed by atoms with Crippen molar-refractivity contribution in [3.05, 3.63) is 11.9 Å². The first-order chi connectivity index (χ1) is 38.5. The molecule has 1 fully saturated rings. The van der Waals surface area contributed by atoms with Crippen molar-refractivity contribution in [2.24, 2.45) is 29.6 Å². The Labute approximate surface area is 488 Å². The Morgan fingerprint density at radius 1 is 0.786 bits per heavy atom. The molecule has 84 heavy (non-hydrogen) atoms. The third-order valence-corrected chi connectivity index (χ3v) is 14.1. The summed E-state index contributed by atoms with van der Waals surface area (Å²) in [7, 11) is -15.7. The number of carbonyl (C=O) groups is 10. The Bertz CT molecular complexity index is 2640. The number of aryl methyl sites for hydroxylation is 1. The minimum Gasteiger partial charge on any atom is -0.391 e. The van der Waals surface area contributed by atoms with Gasteiger partial charge < -0.3 is 94.6 Å². The molecule has 1 aliphatic rings. The lowest BCUT2D eigenvalue weighted by Gasteiger charge is -2.45. The highest BCUT2D eigenvalue weighted by Crippen LogP contribution is 2.33. The summed E-state index contributed by atoms with van der Waals surface area (Å²) in [6.45, 7) is 14.1. The maximum absolute atomic E-state index is 12.3. The number of rotatable bonds is 31. The molecule has 1 aromatic heterocycles. The van der Waals surface area contributed by atoms with E-state index >= 15 is 0 Å². The van der Waals surface area contributed by atoms with Crippen LogP contribution >= 0.6 is 7.60 Å². The monoisotopic (exact) mass is 1290 g/mol. The van der Waals surface area contributed by atoms with Gasteiger partial charge in [-0.3, -0.25) is 37.8 Å². The molecule has 14 N–H and O–H groups in total. The number of nitrogens with one attached hydrogen (secondary N) is 5. The zero-order chi connectivity index (χ0) is 66.0. The summed E-state index contributed by atoms with van der Waals surface area (Å²) >= 11 is 0. The Hall–Kier alpha value is -5.34. The Morgan fingerprint density at radius 3 is 1.65 bits per heavy atom. The van der Waals surface area contributed by atoms with Gasteiger partial charge in [-0.15, -0.1) is 5.10 Å². The van der Waals surface area contributed by atoms with Crippen molar-refractivity contribution in [2.45, 2.75) is 136 Å². The molecule has 0 aromatic carbocycles. The molecule has 0 saturated carbocycles. The number of carbonyl (C=O) groups excluding carboxylic acids is 10. The van der Waals surface area contributed by atoms with Crippen LogP contribution in [-0.4, -0.2) is 234 Å². The minimum absolute atomic E-state index is 0.0341. The number of hydrogen-bond donors (Lipinski definition) is 14. The van der Waals surface area contributed by atoms with E-state index in [1.54, 1.807) is 27.7 Å². The average molecular weight is 1290 g/mol. The molecule has 486 valence electrons. The molecule has 0 aliphatic carbocycles. The van der Waals surface area contributed by atoms with Crippen LogP contribution in [0.25, 0.3) is 0 Å². The number of aliphatic hydroxyl groups is 4. The number of nitrogens with zero attached hydrogens (tertiary/aromatic N) is 3. The van der Waals surface area contributed by atoms with Crippen molar-refractivity contribution < 1.29 is 118 Å². The highest BCUT2D eigenvalue weighted by Gasteiger charge is 2.53. The first kappa shape index (κ1) is 82.9. The zero-order valence-electron chi connectivity index (χ0n) is 48.0. The molecule has 5 amide bonds. The molecule has 2 heterocycles. The molecular formula is C47H85N8O25PS3. The molecule has 14 atom stereocenters. The maximum Gasteiger partial charge on any atom is 0.334 e. The van der Waals surface area contributed by atoms with Crippen molar-refractivity contribution in [3.63, 3.8) is 0 Å². The number of hydrogen-bond acceptors (Lipinski definition) is 22. The predicted molar refractivity (Wildman–Crippen MR) is 305 cm³/mol.